The zero-order chi connectivity index (χ0) is 12.9. The van der Waals surface area contributed by atoms with Crippen molar-refractivity contribution in [2.45, 2.75) is 58.1 Å². The second kappa shape index (κ2) is 12.0. The quantitative estimate of drug-likeness (QED) is 0.334. The summed E-state index contributed by atoms with van der Waals surface area (Å²) < 4.78 is 4.86. The molecule has 0 amide bonds. The van der Waals surface area contributed by atoms with Gasteiger partial charge in [-0.05, 0) is 25.5 Å². The summed E-state index contributed by atoms with van der Waals surface area (Å²) in [7, 11) is 0. The summed E-state index contributed by atoms with van der Waals surface area (Å²) in [5.74, 6) is 0.962. The fraction of sp³-hybridized carbons (Fsp3) is 0.786. The Balaban J connectivity index is 3.71. The van der Waals surface area contributed by atoms with Gasteiger partial charge in [0.1, 0.15) is 0 Å². The number of unbranched alkanes of at least 4 members (excludes halogenated alkanes) is 3. The highest BCUT2D eigenvalue weighted by atomic mass is 32.2. The minimum atomic E-state index is -0.225. The Bertz CT molecular complexity index is 214. The van der Waals surface area contributed by atoms with Crippen LogP contribution in [-0.4, -0.2) is 23.6 Å². The normalized spacial score (nSPS) is 12.9. The predicted molar refractivity (Wildman–Crippen MR) is 76.5 cm³/mol. The van der Waals surface area contributed by atoms with Gasteiger partial charge < -0.3 is 4.74 Å². The van der Waals surface area contributed by atoms with E-state index in [9.17, 15) is 4.79 Å². The molecule has 0 unspecified atom stereocenters. The maximum atomic E-state index is 11.2. The van der Waals surface area contributed by atoms with Crippen LogP contribution in [0.5, 0.6) is 0 Å². The van der Waals surface area contributed by atoms with Crippen molar-refractivity contribution in [1.29, 1.82) is 0 Å². The number of carbonyl (C=O) groups excluding carboxylic acids is 1. The fourth-order valence-corrected chi connectivity index (χ4v) is 2.55. The van der Waals surface area contributed by atoms with Gasteiger partial charge in [-0.3, -0.25) is 0 Å². The van der Waals surface area contributed by atoms with Crippen molar-refractivity contribution >= 4 is 17.7 Å². The molecule has 0 saturated heterocycles. The van der Waals surface area contributed by atoms with E-state index in [1.165, 1.54) is 31.4 Å². The van der Waals surface area contributed by atoms with Crippen molar-refractivity contribution in [1.82, 2.24) is 0 Å². The topological polar surface area (TPSA) is 26.3 Å². The Morgan fingerprint density at radius 3 is 2.59 bits per heavy atom. The van der Waals surface area contributed by atoms with E-state index in [4.69, 9.17) is 4.74 Å². The fourth-order valence-electron chi connectivity index (χ4n) is 1.45. The molecular formula is C14H26O2S. The Morgan fingerprint density at radius 1 is 1.24 bits per heavy atom. The van der Waals surface area contributed by atoms with Crippen LogP contribution in [0.4, 0.5) is 0 Å². The van der Waals surface area contributed by atoms with Crippen LogP contribution in [0.3, 0.4) is 0 Å². The van der Waals surface area contributed by atoms with Crippen LogP contribution in [0.1, 0.15) is 52.9 Å². The van der Waals surface area contributed by atoms with E-state index in [0.717, 1.165) is 6.42 Å². The van der Waals surface area contributed by atoms with Crippen molar-refractivity contribution in [3.63, 3.8) is 0 Å². The number of hydrogen-bond acceptors (Lipinski definition) is 3. The molecule has 0 aliphatic rings. The highest BCUT2D eigenvalue weighted by Gasteiger charge is 2.03. The minimum Gasteiger partial charge on any atom is -0.463 e. The van der Waals surface area contributed by atoms with Crippen molar-refractivity contribution in [2.75, 3.05) is 12.4 Å². The monoisotopic (exact) mass is 258 g/mol. The van der Waals surface area contributed by atoms with Gasteiger partial charge in [-0.1, -0.05) is 39.2 Å². The lowest BCUT2D eigenvalue weighted by molar-refractivity contribution is -0.137. The molecule has 0 aromatic rings. The van der Waals surface area contributed by atoms with E-state index in [2.05, 4.69) is 13.8 Å². The third-order valence-electron chi connectivity index (χ3n) is 2.47. The largest absolute Gasteiger partial charge is 0.463 e. The molecule has 0 aromatic heterocycles. The molecule has 0 aliphatic heterocycles. The highest BCUT2D eigenvalue weighted by Crippen LogP contribution is 2.18. The zero-order valence-corrected chi connectivity index (χ0v) is 12.2. The van der Waals surface area contributed by atoms with E-state index in [-0.39, 0.29) is 5.97 Å². The first-order valence-corrected chi connectivity index (χ1v) is 7.75. The number of esters is 1. The maximum Gasteiger partial charge on any atom is 0.330 e. The van der Waals surface area contributed by atoms with E-state index in [1.807, 2.05) is 24.8 Å². The first-order chi connectivity index (χ1) is 8.24. The van der Waals surface area contributed by atoms with E-state index in [1.54, 1.807) is 6.08 Å². The number of carbonyl (C=O) groups is 1. The Hall–Kier alpha value is -0.440. The van der Waals surface area contributed by atoms with Crippen molar-refractivity contribution < 1.29 is 9.53 Å². The molecule has 0 saturated carbocycles. The second-order valence-corrected chi connectivity index (χ2v) is 5.34. The lowest BCUT2D eigenvalue weighted by Gasteiger charge is -2.09. The number of ether oxygens (including phenoxy) is 1. The second-order valence-electron chi connectivity index (χ2n) is 3.99. The lowest BCUT2D eigenvalue weighted by atomic mass is 10.2. The summed E-state index contributed by atoms with van der Waals surface area (Å²) in [6.45, 7) is 6.65. The van der Waals surface area contributed by atoms with Crippen LogP contribution in [0.15, 0.2) is 12.2 Å². The van der Waals surface area contributed by atoms with Crippen molar-refractivity contribution in [2.24, 2.45) is 0 Å². The summed E-state index contributed by atoms with van der Waals surface area (Å²) in [5.41, 5.74) is 0. The van der Waals surface area contributed by atoms with Gasteiger partial charge in [-0.2, -0.15) is 11.8 Å². The van der Waals surface area contributed by atoms with Crippen LogP contribution < -0.4 is 0 Å². The molecule has 0 bridgehead atoms. The van der Waals surface area contributed by atoms with Gasteiger partial charge in [-0.25, -0.2) is 4.79 Å². The highest BCUT2D eigenvalue weighted by molar-refractivity contribution is 8.00. The molecule has 0 rings (SSSR count). The summed E-state index contributed by atoms with van der Waals surface area (Å²) in [5, 5.41) is 0.445. The molecule has 0 radical (unpaired) electrons. The lowest BCUT2D eigenvalue weighted by Crippen LogP contribution is -2.03. The standard InChI is InChI=1S/C14H26O2S/c1-4-7-8-9-12-17-13(5-2)10-11-14(15)16-6-3/h10-11,13H,4-9,12H2,1-3H3/b11-10-/t13-/m0/s1. The van der Waals surface area contributed by atoms with Gasteiger partial charge in [0.25, 0.3) is 0 Å². The SMILES string of the molecule is CCCCCCS[C@H](/C=C\C(=O)OCC)CC. The number of rotatable bonds is 10. The van der Waals surface area contributed by atoms with Crippen LogP contribution >= 0.6 is 11.8 Å². The molecule has 1 atom stereocenters. The Morgan fingerprint density at radius 2 is 2.00 bits per heavy atom. The Kier molecular flexibility index (Phi) is 11.7. The minimum absolute atomic E-state index is 0.225. The summed E-state index contributed by atoms with van der Waals surface area (Å²) >= 11 is 1.94. The first-order valence-electron chi connectivity index (χ1n) is 6.71. The first kappa shape index (κ1) is 16.6. The molecule has 0 heterocycles. The van der Waals surface area contributed by atoms with Crippen molar-refractivity contribution in [3.05, 3.63) is 12.2 Å². The van der Waals surface area contributed by atoms with Gasteiger partial charge >= 0.3 is 5.97 Å². The van der Waals surface area contributed by atoms with Gasteiger partial charge in [0.15, 0.2) is 0 Å². The molecule has 3 heteroatoms. The number of thioether (sulfide) groups is 1. The van der Waals surface area contributed by atoms with Gasteiger partial charge in [0, 0.05) is 11.3 Å². The molecule has 17 heavy (non-hydrogen) atoms. The third-order valence-corrected chi connectivity index (χ3v) is 3.91. The molecule has 0 fully saturated rings. The van der Waals surface area contributed by atoms with Crippen LogP contribution in [0.25, 0.3) is 0 Å². The van der Waals surface area contributed by atoms with Crippen molar-refractivity contribution in [3.8, 4) is 0 Å². The molecule has 0 aliphatic carbocycles. The molecular weight excluding hydrogens is 232 g/mol. The van der Waals surface area contributed by atoms with Gasteiger partial charge in [-0.15, -0.1) is 0 Å². The molecule has 0 N–H and O–H groups in total. The summed E-state index contributed by atoms with van der Waals surface area (Å²) in [4.78, 5) is 11.2. The van der Waals surface area contributed by atoms with Gasteiger partial charge in [0.2, 0.25) is 0 Å². The molecule has 0 spiro atoms. The Labute approximate surface area is 110 Å². The van der Waals surface area contributed by atoms with Crippen LogP contribution in [0, 0.1) is 0 Å². The average Bonchev–Trinajstić information content (AvgIpc) is 2.33. The maximum absolute atomic E-state index is 11.2. The van der Waals surface area contributed by atoms with Crippen LogP contribution in [0.2, 0.25) is 0 Å². The van der Waals surface area contributed by atoms with E-state index < -0.39 is 0 Å². The van der Waals surface area contributed by atoms with E-state index in [0.29, 0.717) is 11.9 Å². The summed E-state index contributed by atoms with van der Waals surface area (Å²) in [6, 6.07) is 0. The van der Waals surface area contributed by atoms with E-state index >= 15 is 0 Å². The average molecular weight is 258 g/mol. The third kappa shape index (κ3) is 10.4. The zero-order valence-electron chi connectivity index (χ0n) is 11.4. The van der Waals surface area contributed by atoms with Gasteiger partial charge in [0.05, 0.1) is 6.61 Å². The molecule has 0 aromatic carbocycles. The molecule has 100 valence electrons. The number of hydrogen-bond donors (Lipinski definition) is 0. The predicted octanol–water partition coefficient (Wildman–Crippen LogP) is 4.20. The van der Waals surface area contributed by atoms with Crippen LogP contribution in [-0.2, 0) is 9.53 Å². The smallest absolute Gasteiger partial charge is 0.330 e. The molecule has 2 nitrogen and oxygen atoms in total. The summed E-state index contributed by atoms with van der Waals surface area (Å²) in [6.07, 6.45) is 9.82.